The quantitative estimate of drug-likeness (QED) is 0.231. The van der Waals surface area contributed by atoms with Crippen molar-refractivity contribution in [1.29, 1.82) is 0 Å². The molecule has 204 valence electrons. The molecule has 0 spiro atoms. The van der Waals surface area contributed by atoms with Crippen molar-refractivity contribution < 1.29 is 19.4 Å². The van der Waals surface area contributed by atoms with Crippen LogP contribution in [0.15, 0.2) is 72.3 Å². The minimum Gasteiger partial charge on any atom is -0.507 e. The van der Waals surface area contributed by atoms with Crippen LogP contribution in [0.1, 0.15) is 54.6 Å². The van der Waals surface area contributed by atoms with Crippen molar-refractivity contribution in [1.82, 2.24) is 4.90 Å². The second kappa shape index (κ2) is 11.0. The first-order valence-corrected chi connectivity index (χ1v) is 13.2. The molecule has 1 fully saturated rings. The molecule has 1 heterocycles. The molecule has 0 aromatic heterocycles. The standard InChI is InChI=1S/C33H38N2O4/c1-21-8-13-24(33(2,3)4)20-27(21)30(36)28-29(23-11-14-25(15-12-23)34(5)6)35(32(38)31(28)37)19-18-22-9-16-26(39-7)17-10-22/h8-17,20,29,36H,18-19H2,1-7H3/b30-28+. The van der Waals surface area contributed by atoms with E-state index in [9.17, 15) is 14.7 Å². The number of amides is 1. The Balaban J connectivity index is 1.81. The molecular formula is C33H38N2O4. The largest absolute Gasteiger partial charge is 0.507 e. The van der Waals surface area contributed by atoms with E-state index in [0.717, 1.165) is 33.7 Å². The lowest BCUT2D eigenvalue weighted by Gasteiger charge is -2.26. The Morgan fingerprint density at radius 3 is 2.18 bits per heavy atom. The van der Waals surface area contributed by atoms with E-state index in [-0.39, 0.29) is 16.7 Å². The Morgan fingerprint density at radius 1 is 0.974 bits per heavy atom. The first-order valence-electron chi connectivity index (χ1n) is 13.2. The number of ether oxygens (including phenoxy) is 1. The number of nitrogens with zero attached hydrogens (tertiary/aromatic N) is 2. The van der Waals surface area contributed by atoms with Crippen molar-refractivity contribution >= 4 is 23.1 Å². The average molecular weight is 527 g/mol. The van der Waals surface area contributed by atoms with Crippen molar-refractivity contribution in [3.05, 3.63) is 100 Å². The van der Waals surface area contributed by atoms with Crippen LogP contribution in [0.3, 0.4) is 0 Å². The predicted molar refractivity (Wildman–Crippen MR) is 156 cm³/mol. The lowest BCUT2D eigenvalue weighted by Crippen LogP contribution is -2.31. The molecule has 1 aliphatic heterocycles. The van der Waals surface area contributed by atoms with E-state index >= 15 is 0 Å². The molecule has 6 nitrogen and oxygen atoms in total. The number of methoxy groups -OCH3 is 1. The summed E-state index contributed by atoms with van der Waals surface area (Å²) in [7, 11) is 5.54. The monoisotopic (exact) mass is 526 g/mol. The summed E-state index contributed by atoms with van der Waals surface area (Å²) in [5.74, 6) is -0.639. The highest BCUT2D eigenvalue weighted by Crippen LogP contribution is 2.41. The van der Waals surface area contributed by atoms with Crippen LogP contribution in [0.25, 0.3) is 5.76 Å². The maximum absolute atomic E-state index is 13.5. The van der Waals surface area contributed by atoms with Gasteiger partial charge in [0.05, 0.1) is 18.7 Å². The van der Waals surface area contributed by atoms with Crippen LogP contribution in [0.4, 0.5) is 5.69 Å². The fourth-order valence-electron chi connectivity index (χ4n) is 4.94. The maximum atomic E-state index is 13.5. The van der Waals surface area contributed by atoms with Gasteiger partial charge < -0.3 is 19.6 Å². The Hall–Kier alpha value is -4.06. The van der Waals surface area contributed by atoms with Crippen molar-refractivity contribution in [2.45, 2.75) is 45.6 Å². The third kappa shape index (κ3) is 5.70. The molecule has 4 rings (SSSR count). The number of aliphatic hydroxyl groups excluding tert-OH is 1. The summed E-state index contributed by atoms with van der Waals surface area (Å²) in [6.45, 7) is 8.54. The molecule has 3 aromatic carbocycles. The van der Waals surface area contributed by atoms with Crippen LogP contribution < -0.4 is 9.64 Å². The van der Waals surface area contributed by atoms with Crippen LogP contribution in [0.5, 0.6) is 5.75 Å². The molecule has 0 saturated carbocycles. The number of hydrogen-bond acceptors (Lipinski definition) is 5. The number of aliphatic hydroxyl groups is 1. The molecule has 1 unspecified atom stereocenters. The summed E-state index contributed by atoms with van der Waals surface area (Å²) in [4.78, 5) is 30.6. The number of rotatable bonds is 7. The molecule has 3 aromatic rings. The number of Topliss-reactive ketones (excluding diaryl/α,β-unsaturated/α-hetero) is 1. The predicted octanol–water partition coefficient (Wildman–Crippen LogP) is 6.03. The summed E-state index contributed by atoms with van der Waals surface area (Å²) < 4.78 is 5.25. The molecule has 6 heteroatoms. The Bertz CT molecular complexity index is 1400. The topological polar surface area (TPSA) is 70.1 Å². The summed E-state index contributed by atoms with van der Waals surface area (Å²) in [5.41, 5.74) is 5.24. The zero-order chi connectivity index (χ0) is 28.5. The molecule has 1 atom stereocenters. The minimum atomic E-state index is -0.697. The van der Waals surface area contributed by atoms with E-state index < -0.39 is 17.7 Å². The number of hydrogen-bond donors (Lipinski definition) is 1. The summed E-state index contributed by atoms with van der Waals surface area (Å²) >= 11 is 0. The van der Waals surface area contributed by atoms with Gasteiger partial charge in [-0.05, 0) is 71.3 Å². The Morgan fingerprint density at radius 2 is 1.62 bits per heavy atom. The Kier molecular flexibility index (Phi) is 7.86. The second-order valence-electron chi connectivity index (χ2n) is 11.4. The molecule has 1 N–H and O–H groups in total. The van der Waals surface area contributed by atoms with Crippen molar-refractivity contribution in [2.24, 2.45) is 0 Å². The molecule has 1 saturated heterocycles. The van der Waals surface area contributed by atoms with E-state index in [1.54, 1.807) is 12.0 Å². The third-order valence-corrected chi connectivity index (χ3v) is 7.42. The van der Waals surface area contributed by atoms with Gasteiger partial charge in [-0.2, -0.15) is 0 Å². The van der Waals surface area contributed by atoms with Crippen LogP contribution in [0.2, 0.25) is 0 Å². The minimum absolute atomic E-state index is 0.126. The number of likely N-dealkylation sites (tertiary alicyclic amines) is 1. The van der Waals surface area contributed by atoms with Gasteiger partial charge in [0.1, 0.15) is 11.5 Å². The molecule has 39 heavy (non-hydrogen) atoms. The van der Waals surface area contributed by atoms with Gasteiger partial charge in [-0.25, -0.2) is 0 Å². The number of carbonyl (C=O) groups excluding carboxylic acids is 2. The number of carbonyl (C=O) groups is 2. The number of ketones is 1. The molecular weight excluding hydrogens is 488 g/mol. The lowest BCUT2D eigenvalue weighted by atomic mass is 9.84. The normalized spacial score (nSPS) is 17.0. The van der Waals surface area contributed by atoms with Gasteiger partial charge in [-0.15, -0.1) is 0 Å². The number of benzene rings is 3. The van der Waals surface area contributed by atoms with Crippen LogP contribution in [0, 0.1) is 6.92 Å². The molecule has 0 bridgehead atoms. The first kappa shape index (κ1) is 28.0. The van der Waals surface area contributed by atoms with Gasteiger partial charge in [-0.3, -0.25) is 9.59 Å². The second-order valence-corrected chi connectivity index (χ2v) is 11.4. The summed E-state index contributed by atoms with van der Waals surface area (Å²) in [5, 5.41) is 11.7. The van der Waals surface area contributed by atoms with Crippen molar-refractivity contribution in [2.75, 3.05) is 32.6 Å². The maximum Gasteiger partial charge on any atom is 0.295 e. The van der Waals surface area contributed by atoms with Crippen molar-refractivity contribution in [3.8, 4) is 5.75 Å². The van der Waals surface area contributed by atoms with Gasteiger partial charge in [0.15, 0.2) is 0 Å². The van der Waals surface area contributed by atoms with Gasteiger partial charge in [0.25, 0.3) is 11.7 Å². The highest BCUT2D eigenvalue weighted by molar-refractivity contribution is 6.46. The van der Waals surface area contributed by atoms with Gasteiger partial charge in [0, 0.05) is 31.9 Å². The van der Waals surface area contributed by atoms with Gasteiger partial charge >= 0.3 is 0 Å². The van der Waals surface area contributed by atoms with Gasteiger partial charge in [-0.1, -0.05) is 57.2 Å². The fourth-order valence-corrected chi connectivity index (χ4v) is 4.94. The SMILES string of the molecule is COc1ccc(CCN2C(=O)C(=O)/C(=C(/O)c3cc(C(C)(C)C)ccc3C)C2c2ccc(N(C)C)cc2)cc1. The zero-order valence-electron chi connectivity index (χ0n) is 23.9. The smallest absolute Gasteiger partial charge is 0.295 e. The summed E-state index contributed by atoms with van der Waals surface area (Å²) in [6.07, 6.45) is 0.557. The van der Waals surface area contributed by atoms with Crippen molar-refractivity contribution in [3.63, 3.8) is 0 Å². The fraction of sp³-hybridized carbons (Fsp3) is 0.333. The molecule has 1 amide bonds. The number of anilines is 1. The number of aryl methyl sites for hydroxylation is 1. The van der Waals surface area contributed by atoms with E-state index in [2.05, 4.69) is 20.8 Å². The van der Waals surface area contributed by atoms with E-state index in [0.29, 0.717) is 18.5 Å². The van der Waals surface area contributed by atoms with Crippen LogP contribution in [-0.4, -0.2) is 49.4 Å². The molecule has 1 aliphatic rings. The highest BCUT2D eigenvalue weighted by Gasteiger charge is 2.46. The molecule has 0 aliphatic carbocycles. The highest BCUT2D eigenvalue weighted by atomic mass is 16.5. The lowest BCUT2D eigenvalue weighted by molar-refractivity contribution is -0.139. The van der Waals surface area contributed by atoms with E-state index in [1.165, 1.54) is 0 Å². The van der Waals surface area contributed by atoms with Crippen LogP contribution in [-0.2, 0) is 21.4 Å². The average Bonchev–Trinajstić information content (AvgIpc) is 3.16. The molecule has 0 radical (unpaired) electrons. The third-order valence-electron chi connectivity index (χ3n) is 7.42. The summed E-state index contributed by atoms with van der Waals surface area (Å²) in [6, 6.07) is 20.7. The van der Waals surface area contributed by atoms with E-state index in [4.69, 9.17) is 4.74 Å². The van der Waals surface area contributed by atoms with E-state index in [1.807, 2.05) is 92.6 Å². The Labute approximate surface area is 231 Å². The van der Waals surface area contributed by atoms with Gasteiger partial charge in [0.2, 0.25) is 0 Å². The van der Waals surface area contributed by atoms with Crippen LogP contribution >= 0.6 is 0 Å². The first-order chi connectivity index (χ1) is 18.4. The zero-order valence-corrected chi connectivity index (χ0v) is 23.9.